The van der Waals surface area contributed by atoms with Gasteiger partial charge in [-0.3, -0.25) is 14.9 Å². The van der Waals surface area contributed by atoms with E-state index in [2.05, 4.69) is 0 Å². The van der Waals surface area contributed by atoms with E-state index in [9.17, 15) is 14.9 Å². The second-order valence-corrected chi connectivity index (χ2v) is 7.35. The standard InChI is InChI=1S/C13H16N2O3S2/c1-10(16)14(2)13(19-8-3-9-20-13)11-4-6-12(7-5-11)15(17)18/h4-7H,3,8-9H2,1-2H3. The van der Waals surface area contributed by atoms with E-state index >= 15 is 0 Å². The van der Waals surface area contributed by atoms with Gasteiger partial charge in [-0.2, -0.15) is 0 Å². The summed E-state index contributed by atoms with van der Waals surface area (Å²) >= 11 is 3.43. The van der Waals surface area contributed by atoms with Crippen molar-refractivity contribution in [3.05, 3.63) is 39.9 Å². The van der Waals surface area contributed by atoms with Crippen LogP contribution in [0.5, 0.6) is 0 Å². The molecule has 5 nitrogen and oxygen atoms in total. The fourth-order valence-corrected chi connectivity index (χ4v) is 5.47. The first kappa shape index (κ1) is 15.2. The Hall–Kier alpha value is -1.21. The number of nitro benzene ring substituents is 1. The Morgan fingerprint density at radius 3 is 2.30 bits per heavy atom. The van der Waals surface area contributed by atoms with Crippen molar-refractivity contribution in [2.75, 3.05) is 18.6 Å². The minimum Gasteiger partial charge on any atom is -0.319 e. The zero-order chi connectivity index (χ0) is 14.8. The van der Waals surface area contributed by atoms with Gasteiger partial charge in [-0.25, -0.2) is 0 Å². The first-order valence-electron chi connectivity index (χ1n) is 6.24. The van der Waals surface area contributed by atoms with Gasteiger partial charge in [0.2, 0.25) is 5.91 Å². The second-order valence-electron chi connectivity index (χ2n) is 4.51. The molecule has 1 aliphatic rings. The van der Waals surface area contributed by atoms with Crippen molar-refractivity contribution < 1.29 is 9.72 Å². The summed E-state index contributed by atoms with van der Waals surface area (Å²) in [6, 6.07) is 6.51. The molecule has 108 valence electrons. The largest absolute Gasteiger partial charge is 0.319 e. The number of nitro groups is 1. The lowest BCUT2D eigenvalue weighted by atomic mass is 10.2. The van der Waals surface area contributed by atoms with Crippen LogP contribution < -0.4 is 0 Å². The molecule has 1 aromatic rings. The molecule has 0 radical (unpaired) electrons. The minimum atomic E-state index is -0.473. The first-order valence-corrected chi connectivity index (χ1v) is 8.22. The molecule has 1 aromatic carbocycles. The Labute approximate surface area is 126 Å². The number of hydrogen-bond acceptors (Lipinski definition) is 5. The molecule has 1 heterocycles. The van der Waals surface area contributed by atoms with Gasteiger partial charge in [-0.1, -0.05) is 0 Å². The van der Waals surface area contributed by atoms with Gasteiger partial charge in [0, 0.05) is 26.1 Å². The number of hydrogen-bond donors (Lipinski definition) is 0. The molecule has 7 heteroatoms. The Balaban J connectivity index is 2.40. The van der Waals surface area contributed by atoms with Crippen LogP contribution in [0.15, 0.2) is 24.3 Å². The van der Waals surface area contributed by atoms with E-state index in [0.29, 0.717) is 0 Å². The van der Waals surface area contributed by atoms with Crippen LogP contribution in [0.4, 0.5) is 5.69 Å². The first-order chi connectivity index (χ1) is 9.47. The molecule has 0 bridgehead atoms. The van der Waals surface area contributed by atoms with Crippen LogP contribution in [0, 0.1) is 10.1 Å². The van der Waals surface area contributed by atoms with Gasteiger partial charge < -0.3 is 4.90 Å². The predicted octanol–water partition coefficient (Wildman–Crippen LogP) is 3.05. The van der Waals surface area contributed by atoms with Gasteiger partial charge in [0.05, 0.1) is 4.92 Å². The lowest BCUT2D eigenvalue weighted by Gasteiger charge is -2.43. The highest BCUT2D eigenvalue weighted by atomic mass is 32.2. The van der Waals surface area contributed by atoms with Gasteiger partial charge >= 0.3 is 0 Å². The Morgan fingerprint density at radius 1 is 1.30 bits per heavy atom. The van der Waals surface area contributed by atoms with E-state index in [1.807, 2.05) is 0 Å². The summed E-state index contributed by atoms with van der Waals surface area (Å²) in [5.41, 5.74) is 0.996. The molecule has 0 saturated carbocycles. The van der Waals surface area contributed by atoms with E-state index in [1.54, 1.807) is 54.5 Å². The van der Waals surface area contributed by atoms with Crippen molar-refractivity contribution in [2.24, 2.45) is 0 Å². The fraction of sp³-hybridized carbons (Fsp3) is 0.462. The van der Waals surface area contributed by atoms with Crippen molar-refractivity contribution in [2.45, 2.75) is 17.5 Å². The number of rotatable bonds is 3. The number of carbonyl (C=O) groups is 1. The van der Waals surface area contributed by atoms with Crippen molar-refractivity contribution in [1.29, 1.82) is 0 Å². The number of nitrogens with zero attached hydrogens (tertiary/aromatic N) is 2. The zero-order valence-electron chi connectivity index (χ0n) is 11.4. The number of thioether (sulfide) groups is 2. The summed E-state index contributed by atoms with van der Waals surface area (Å²) in [7, 11) is 1.79. The molecule has 0 aromatic heterocycles. The van der Waals surface area contributed by atoms with Crippen molar-refractivity contribution >= 4 is 35.1 Å². The maximum Gasteiger partial charge on any atom is 0.269 e. The predicted molar refractivity (Wildman–Crippen MR) is 82.8 cm³/mol. The second kappa shape index (κ2) is 6.05. The third kappa shape index (κ3) is 2.78. The fourth-order valence-electron chi connectivity index (χ4n) is 2.08. The molecular weight excluding hydrogens is 296 g/mol. The third-order valence-electron chi connectivity index (χ3n) is 3.24. The summed E-state index contributed by atoms with van der Waals surface area (Å²) < 4.78 is -0.473. The topological polar surface area (TPSA) is 63.5 Å². The molecule has 1 saturated heterocycles. The Bertz CT molecular complexity index is 513. The highest BCUT2D eigenvalue weighted by Gasteiger charge is 2.41. The van der Waals surface area contributed by atoms with Crippen LogP contribution in [0.3, 0.4) is 0 Å². The molecule has 1 fully saturated rings. The van der Waals surface area contributed by atoms with Gasteiger partial charge in [-0.15, -0.1) is 23.5 Å². The average molecular weight is 312 g/mol. The monoisotopic (exact) mass is 312 g/mol. The summed E-state index contributed by atoms with van der Waals surface area (Å²) in [6.45, 7) is 1.54. The lowest BCUT2D eigenvalue weighted by molar-refractivity contribution is -0.384. The molecule has 20 heavy (non-hydrogen) atoms. The van der Waals surface area contributed by atoms with Crippen molar-refractivity contribution in [3.8, 4) is 0 Å². The molecular formula is C13H16N2O3S2. The zero-order valence-corrected chi connectivity index (χ0v) is 13.0. The van der Waals surface area contributed by atoms with E-state index in [1.165, 1.54) is 12.1 Å². The highest BCUT2D eigenvalue weighted by Crippen LogP contribution is 2.52. The average Bonchev–Trinajstić information content (AvgIpc) is 2.47. The van der Waals surface area contributed by atoms with Crippen LogP contribution in [-0.2, 0) is 9.00 Å². The molecule has 0 N–H and O–H groups in total. The van der Waals surface area contributed by atoms with Crippen LogP contribution >= 0.6 is 23.5 Å². The van der Waals surface area contributed by atoms with Gasteiger partial charge in [0.15, 0.2) is 4.20 Å². The minimum absolute atomic E-state index is 0.00903. The van der Waals surface area contributed by atoms with Gasteiger partial charge in [-0.05, 0) is 35.6 Å². The molecule has 1 amide bonds. The number of carbonyl (C=O) groups excluding carboxylic acids is 1. The highest BCUT2D eigenvalue weighted by molar-refractivity contribution is 8.18. The van der Waals surface area contributed by atoms with Crippen LogP contribution in [0.1, 0.15) is 18.9 Å². The van der Waals surface area contributed by atoms with E-state index in [0.717, 1.165) is 23.5 Å². The Morgan fingerprint density at radius 2 is 1.85 bits per heavy atom. The molecule has 0 spiro atoms. The van der Waals surface area contributed by atoms with Gasteiger partial charge in [0.1, 0.15) is 0 Å². The number of benzene rings is 1. The van der Waals surface area contributed by atoms with E-state index < -0.39 is 9.13 Å². The quantitative estimate of drug-likeness (QED) is 0.634. The molecule has 2 rings (SSSR count). The molecule has 0 atom stereocenters. The van der Waals surface area contributed by atoms with Crippen LogP contribution in [-0.4, -0.2) is 34.3 Å². The summed E-state index contributed by atoms with van der Waals surface area (Å²) in [4.78, 5) is 23.8. The third-order valence-corrected chi connectivity index (χ3v) is 6.74. The maximum absolute atomic E-state index is 11.8. The Kier molecular flexibility index (Phi) is 4.59. The summed E-state index contributed by atoms with van der Waals surface area (Å²) in [5, 5.41) is 10.7. The van der Waals surface area contributed by atoms with Crippen LogP contribution in [0.25, 0.3) is 0 Å². The normalized spacial score (nSPS) is 17.5. The molecule has 1 aliphatic heterocycles. The molecule has 0 aliphatic carbocycles. The smallest absolute Gasteiger partial charge is 0.269 e. The molecule has 0 unspecified atom stereocenters. The summed E-state index contributed by atoms with van der Waals surface area (Å²) in [6.07, 6.45) is 1.11. The van der Waals surface area contributed by atoms with Crippen molar-refractivity contribution in [3.63, 3.8) is 0 Å². The van der Waals surface area contributed by atoms with E-state index in [-0.39, 0.29) is 11.6 Å². The van der Waals surface area contributed by atoms with E-state index in [4.69, 9.17) is 0 Å². The summed E-state index contributed by atoms with van der Waals surface area (Å²) in [5.74, 6) is 1.94. The lowest BCUT2D eigenvalue weighted by Crippen LogP contribution is -2.43. The number of amides is 1. The maximum atomic E-state index is 11.8. The number of non-ortho nitro benzene ring substituents is 1. The van der Waals surface area contributed by atoms with Crippen molar-refractivity contribution in [1.82, 2.24) is 4.90 Å². The van der Waals surface area contributed by atoms with Crippen LogP contribution in [0.2, 0.25) is 0 Å². The SMILES string of the molecule is CC(=O)N(C)C1(c2ccc([N+](=O)[O-])cc2)SCCCS1. The van der Waals surface area contributed by atoms with Gasteiger partial charge in [0.25, 0.3) is 5.69 Å².